The van der Waals surface area contributed by atoms with Gasteiger partial charge in [0, 0.05) is 19.3 Å². The van der Waals surface area contributed by atoms with Gasteiger partial charge in [0.25, 0.3) is 0 Å². The standard InChI is InChI=1S/C23H29N5O3/c1-2-31-21-11-4-3-10-18(21)25-22(29)16-8-7-13-28(15-16)23(30)20-14-19(26-27-20)17-9-5-6-12-24-17/h3-6,9-12,16,19-20,26-27H,2,7-8,13-15H2,1H3,(H,25,29). The summed E-state index contributed by atoms with van der Waals surface area (Å²) in [6.07, 6.45) is 3.95. The van der Waals surface area contributed by atoms with Crippen molar-refractivity contribution in [3.8, 4) is 5.75 Å². The fourth-order valence-electron chi connectivity index (χ4n) is 4.19. The van der Waals surface area contributed by atoms with Crippen molar-refractivity contribution in [1.29, 1.82) is 0 Å². The van der Waals surface area contributed by atoms with Crippen LogP contribution in [0, 0.1) is 5.92 Å². The molecule has 31 heavy (non-hydrogen) atoms. The van der Waals surface area contributed by atoms with E-state index in [0.29, 0.717) is 37.6 Å². The van der Waals surface area contributed by atoms with Gasteiger partial charge in [0.2, 0.25) is 11.8 Å². The number of carbonyl (C=O) groups excluding carboxylic acids is 2. The van der Waals surface area contributed by atoms with E-state index in [0.717, 1.165) is 18.5 Å². The zero-order valence-electron chi connectivity index (χ0n) is 17.7. The van der Waals surface area contributed by atoms with Gasteiger partial charge in [-0.2, -0.15) is 0 Å². The van der Waals surface area contributed by atoms with Crippen molar-refractivity contribution in [2.24, 2.45) is 5.92 Å². The number of anilines is 1. The Kier molecular flexibility index (Phi) is 6.79. The lowest BCUT2D eigenvalue weighted by molar-refractivity contribution is -0.136. The molecule has 2 aromatic rings. The van der Waals surface area contributed by atoms with Gasteiger partial charge in [0.05, 0.1) is 29.9 Å². The van der Waals surface area contributed by atoms with Gasteiger partial charge in [-0.05, 0) is 50.5 Å². The molecule has 0 bridgehead atoms. The monoisotopic (exact) mass is 423 g/mol. The molecule has 3 unspecified atom stereocenters. The Morgan fingerprint density at radius 2 is 2.03 bits per heavy atom. The van der Waals surface area contributed by atoms with Crippen LogP contribution in [0.1, 0.15) is 37.9 Å². The fourth-order valence-corrected chi connectivity index (χ4v) is 4.19. The summed E-state index contributed by atoms with van der Waals surface area (Å²) in [7, 11) is 0. The Bertz CT molecular complexity index is 907. The van der Waals surface area contributed by atoms with Gasteiger partial charge in [-0.1, -0.05) is 18.2 Å². The molecule has 8 heteroatoms. The highest BCUT2D eigenvalue weighted by molar-refractivity contribution is 5.94. The molecule has 0 radical (unpaired) electrons. The molecular weight excluding hydrogens is 394 g/mol. The second-order valence-corrected chi connectivity index (χ2v) is 7.93. The number of piperidine rings is 1. The predicted molar refractivity (Wildman–Crippen MR) is 117 cm³/mol. The number of aromatic nitrogens is 1. The number of ether oxygens (including phenoxy) is 1. The van der Waals surface area contributed by atoms with E-state index in [1.807, 2.05) is 54.3 Å². The molecule has 8 nitrogen and oxygen atoms in total. The number of benzene rings is 1. The van der Waals surface area contributed by atoms with Crippen LogP contribution in [-0.2, 0) is 9.59 Å². The highest BCUT2D eigenvalue weighted by Gasteiger charge is 2.36. The topological polar surface area (TPSA) is 95.6 Å². The number of pyridine rings is 1. The number of carbonyl (C=O) groups is 2. The van der Waals surface area contributed by atoms with Crippen LogP contribution in [-0.4, -0.2) is 47.4 Å². The number of likely N-dealkylation sites (tertiary alicyclic amines) is 1. The van der Waals surface area contributed by atoms with Crippen molar-refractivity contribution in [3.05, 3.63) is 54.4 Å². The Hall–Kier alpha value is -2.97. The summed E-state index contributed by atoms with van der Waals surface area (Å²) in [6.45, 7) is 3.53. The van der Waals surface area contributed by atoms with Gasteiger partial charge in [-0.15, -0.1) is 0 Å². The molecule has 164 valence electrons. The van der Waals surface area contributed by atoms with Crippen molar-refractivity contribution in [3.63, 3.8) is 0 Å². The maximum atomic E-state index is 13.1. The maximum absolute atomic E-state index is 13.1. The molecule has 2 aliphatic heterocycles. The van der Waals surface area contributed by atoms with E-state index in [1.165, 1.54) is 0 Å². The third kappa shape index (κ3) is 5.03. The summed E-state index contributed by atoms with van der Waals surface area (Å²) >= 11 is 0. The number of nitrogens with zero attached hydrogens (tertiary/aromatic N) is 2. The SMILES string of the molecule is CCOc1ccccc1NC(=O)C1CCCN(C(=O)C2CC(c3ccccn3)NN2)C1. The van der Waals surface area contributed by atoms with Crippen molar-refractivity contribution in [2.75, 3.05) is 25.0 Å². The maximum Gasteiger partial charge on any atom is 0.241 e. The van der Waals surface area contributed by atoms with Gasteiger partial charge < -0.3 is 15.0 Å². The van der Waals surface area contributed by atoms with E-state index < -0.39 is 0 Å². The van der Waals surface area contributed by atoms with Crippen LogP contribution in [0.3, 0.4) is 0 Å². The highest BCUT2D eigenvalue weighted by Crippen LogP contribution is 2.27. The number of nitrogens with one attached hydrogen (secondary N) is 3. The zero-order chi connectivity index (χ0) is 21.6. The second kappa shape index (κ2) is 9.89. The first-order valence-corrected chi connectivity index (χ1v) is 10.9. The molecule has 3 N–H and O–H groups in total. The molecule has 1 aromatic carbocycles. The molecule has 0 spiro atoms. The first kappa shape index (κ1) is 21.3. The van der Waals surface area contributed by atoms with Crippen molar-refractivity contribution in [2.45, 2.75) is 38.3 Å². The number of para-hydroxylation sites is 2. The molecule has 2 saturated heterocycles. The van der Waals surface area contributed by atoms with Crippen LogP contribution in [0.2, 0.25) is 0 Å². The van der Waals surface area contributed by atoms with Crippen molar-refractivity contribution >= 4 is 17.5 Å². The van der Waals surface area contributed by atoms with Gasteiger partial charge in [-0.25, -0.2) is 10.9 Å². The number of hydrogen-bond acceptors (Lipinski definition) is 6. The van der Waals surface area contributed by atoms with Crippen LogP contribution in [0.25, 0.3) is 0 Å². The molecule has 0 saturated carbocycles. The van der Waals surface area contributed by atoms with Crippen molar-refractivity contribution in [1.82, 2.24) is 20.7 Å². The minimum atomic E-state index is -0.326. The van der Waals surface area contributed by atoms with Crippen LogP contribution in [0.15, 0.2) is 48.7 Å². The van der Waals surface area contributed by atoms with Gasteiger partial charge >= 0.3 is 0 Å². The normalized spacial score (nSPS) is 23.4. The highest BCUT2D eigenvalue weighted by atomic mass is 16.5. The van der Waals surface area contributed by atoms with Crippen LogP contribution >= 0.6 is 0 Å². The van der Waals surface area contributed by atoms with Gasteiger partial charge in [-0.3, -0.25) is 14.6 Å². The smallest absolute Gasteiger partial charge is 0.241 e. The van der Waals surface area contributed by atoms with Gasteiger partial charge in [0.1, 0.15) is 11.8 Å². The first-order valence-electron chi connectivity index (χ1n) is 10.9. The van der Waals surface area contributed by atoms with E-state index in [-0.39, 0.29) is 29.8 Å². The summed E-state index contributed by atoms with van der Waals surface area (Å²) in [5.41, 5.74) is 7.86. The summed E-state index contributed by atoms with van der Waals surface area (Å²) in [5.74, 6) is 0.365. The van der Waals surface area contributed by atoms with E-state index in [9.17, 15) is 9.59 Å². The Labute approximate surface area is 182 Å². The summed E-state index contributed by atoms with van der Waals surface area (Å²) in [4.78, 5) is 32.2. The molecule has 2 fully saturated rings. The average Bonchev–Trinajstić information content (AvgIpc) is 3.31. The molecule has 3 heterocycles. The minimum absolute atomic E-state index is 0.00546. The fraction of sp³-hybridized carbons (Fsp3) is 0.435. The van der Waals surface area contributed by atoms with Gasteiger partial charge in [0.15, 0.2) is 0 Å². The summed E-state index contributed by atoms with van der Waals surface area (Å²) in [5, 5.41) is 2.98. The van der Waals surface area contributed by atoms with E-state index in [2.05, 4.69) is 21.2 Å². The van der Waals surface area contributed by atoms with Crippen molar-refractivity contribution < 1.29 is 14.3 Å². The molecule has 3 atom stereocenters. The Balaban J connectivity index is 1.35. The lowest BCUT2D eigenvalue weighted by Gasteiger charge is -2.33. The summed E-state index contributed by atoms with van der Waals surface area (Å²) < 4.78 is 5.60. The Morgan fingerprint density at radius 3 is 2.84 bits per heavy atom. The number of hydrazine groups is 1. The largest absolute Gasteiger partial charge is 0.492 e. The van der Waals surface area contributed by atoms with Crippen LogP contribution in [0.4, 0.5) is 5.69 Å². The lowest BCUT2D eigenvalue weighted by Crippen LogP contribution is -2.50. The number of amides is 2. The number of hydrogen-bond donors (Lipinski definition) is 3. The molecule has 0 aliphatic carbocycles. The summed E-state index contributed by atoms with van der Waals surface area (Å²) in [6, 6.07) is 12.9. The molecule has 4 rings (SSSR count). The third-order valence-electron chi connectivity index (χ3n) is 5.79. The predicted octanol–water partition coefficient (Wildman–Crippen LogP) is 2.27. The molecule has 2 amide bonds. The van der Waals surface area contributed by atoms with Crippen LogP contribution in [0.5, 0.6) is 5.75 Å². The van der Waals surface area contributed by atoms with E-state index in [1.54, 1.807) is 6.20 Å². The molecule has 1 aromatic heterocycles. The number of rotatable bonds is 6. The molecular formula is C23H29N5O3. The quantitative estimate of drug-likeness (QED) is 0.660. The van der Waals surface area contributed by atoms with E-state index in [4.69, 9.17) is 4.74 Å². The zero-order valence-corrected chi connectivity index (χ0v) is 17.7. The second-order valence-electron chi connectivity index (χ2n) is 7.93. The molecule has 2 aliphatic rings. The third-order valence-corrected chi connectivity index (χ3v) is 5.79. The first-order chi connectivity index (χ1) is 15.2. The average molecular weight is 424 g/mol. The van der Waals surface area contributed by atoms with E-state index >= 15 is 0 Å². The van der Waals surface area contributed by atoms with Crippen LogP contribution < -0.4 is 20.9 Å². The minimum Gasteiger partial charge on any atom is -0.492 e. The Morgan fingerprint density at radius 1 is 1.19 bits per heavy atom. The lowest BCUT2D eigenvalue weighted by atomic mass is 9.95.